The van der Waals surface area contributed by atoms with Crippen LogP contribution in [0, 0.1) is 11.3 Å². The van der Waals surface area contributed by atoms with Crippen molar-refractivity contribution >= 4 is 22.5 Å². The number of hydrogen-bond acceptors (Lipinski definition) is 3. The van der Waals surface area contributed by atoms with E-state index in [0.29, 0.717) is 10.6 Å². The van der Waals surface area contributed by atoms with E-state index in [9.17, 15) is 0 Å². The van der Waals surface area contributed by atoms with Crippen LogP contribution in [0.2, 0.25) is 0 Å². The van der Waals surface area contributed by atoms with Gasteiger partial charge in [-0.2, -0.15) is 5.26 Å². The van der Waals surface area contributed by atoms with Gasteiger partial charge in [-0.1, -0.05) is 42.1 Å². The Kier molecular flexibility index (Phi) is 3.36. The molecular weight excluding hydrogens is 228 g/mol. The van der Waals surface area contributed by atoms with Crippen molar-refractivity contribution in [3.8, 4) is 6.07 Å². The van der Waals surface area contributed by atoms with E-state index < -0.39 is 0 Å². The van der Waals surface area contributed by atoms with Gasteiger partial charge >= 0.3 is 0 Å². The first-order valence-corrected chi connectivity index (χ1v) is 6.05. The summed E-state index contributed by atoms with van der Waals surface area (Å²) in [6.45, 7) is 1.74. The topological polar surface area (TPSA) is 49.8 Å². The van der Waals surface area contributed by atoms with Crippen molar-refractivity contribution in [2.45, 2.75) is 11.8 Å². The van der Waals surface area contributed by atoms with Crippen LogP contribution in [0.15, 0.2) is 58.0 Å². The first-order chi connectivity index (χ1) is 8.20. The molecular formula is C14H12N2S. The zero-order valence-corrected chi connectivity index (χ0v) is 10.3. The Bertz CT molecular complexity index is 619. The number of hydrogen-bond donors (Lipinski definition) is 1. The van der Waals surface area contributed by atoms with Gasteiger partial charge in [0, 0.05) is 10.6 Å². The van der Waals surface area contributed by atoms with Crippen molar-refractivity contribution < 1.29 is 0 Å². The lowest BCUT2D eigenvalue weighted by molar-refractivity contribution is 1.30. The van der Waals surface area contributed by atoms with Crippen LogP contribution in [0.3, 0.4) is 0 Å². The predicted molar refractivity (Wildman–Crippen MR) is 72.3 cm³/mol. The lowest BCUT2D eigenvalue weighted by Gasteiger charge is -2.03. The van der Waals surface area contributed by atoms with Gasteiger partial charge in [0.2, 0.25) is 0 Å². The molecule has 0 aliphatic heterocycles. The minimum absolute atomic E-state index is 0.556. The fourth-order valence-corrected chi connectivity index (χ4v) is 2.30. The molecule has 84 valence electrons. The average molecular weight is 240 g/mol. The van der Waals surface area contributed by atoms with E-state index in [2.05, 4.69) is 30.3 Å². The Morgan fingerprint density at radius 3 is 2.53 bits per heavy atom. The number of thioether (sulfide) groups is 1. The fraction of sp³-hybridized carbons (Fsp3) is 0.0714. The quantitative estimate of drug-likeness (QED) is 0.644. The predicted octanol–water partition coefficient (Wildman–Crippen LogP) is 3.65. The van der Waals surface area contributed by atoms with Crippen LogP contribution < -0.4 is 5.73 Å². The van der Waals surface area contributed by atoms with Crippen molar-refractivity contribution in [3.05, 3.63) is 53.1 Å². The van der Waals surface area contributed by atoms with E-state index in [1.54, 1.807) is 6.92 Å². The van der Waals surface area contributed by atoms with Gasteiger partial charge in [0.05, 0.1) is 0 Å². The molecule has 0 atom stereocenters. The molecule has 2 aromatic carbocycles. The summed E-state index contributed by atoms with van der Waals surface area (Å²) in [6.07, 6.45) is 0. The lowest BCUT2D eigenvalue weighted by atomic mass is 10.1. The molecule has 2 rings (SSSR count). The maximum atomic E-state index is 8.96. The Morgan fingerprint density at radius 1 is 1.18 bits per heavy atom. The Balaban J connectivity index is 2.38. The highest BCUT2D eigenvalue weighted by Crippen LogP contribution is 2.29. The number of nitrogens with two attached hydrogens (primary N) is 1. The average Bonchev–Trinajstić information content (AvgIpc) is 2.35. The molecule has 0 spiro atoms. The molecule has 3 heteroatoms. The highest BCUT2D eigenvalue weighted by Gasteiger charge is 2.03. The van der Waals surface area contributed by atoms with Gasteiger partial charge in [-0.25, -0.2) is 0 Å². The van der Waals surface area contributed by atoms with Gasteiger partial charge in [-0.15, -0.1) is 0 Å². The van der Waals surface area contributed by atoms with E-state index in [1.165, 1.54) is 22.5 Å². The van der Waals surface area contributed by atoms with Gasteiger partial charge in [0.1, 0.15) is 11.0 Å². The number of nitrogens with zero attached hydrogens (tertiary/aromatic N) is 1. The van der Waals surface area contributed by atoms with Crippen LogP contribution in [0.5, 0.6) is 0 Å². The summed E-state index contributed by atoms with van der Waals surface area (Å²) in [5.41, 5.74) is 6.20. The Labute approximate surface area is 105 Å². The molecule has 2 nitrogen and oxygen atoms in total. The van der Waals surface area contributed by atoms with Crippen LogP contribution in [0.4, 0.5) is 0 Å². The minimum Gasteiger partial charge on any atom is -0.401 e. The zero-order chi connectivity index (χ0) is 12.3. The molecule has 0 amide bonds. The molecule has 0 saturated carbocycles. The molecule has 2 N–H and O–H groups in total. The van der Waals surface area contributed by atoms with Gasteiger partial charge < -0.3 is 5.73 Å². The maximum Gasteiger partial charge on any atom is 0.108 e. The summed E-state index contributed by atoms with van der Waals surface area (Å²) in [5.74, 6) is 0. The molecule has 0 unspecified atom stereocenters. The molecule has 0 fully saturated rings. The van der Waals surface area contributed by atoms with Crippen molar-refractivity contribution in [2.75, 3.05) is 0 Å². The molecule has 0 aromatic heterocycles. The monoisotopic (exact) mass is 240 g/mol. The number of benzene rings is 2. The van der Waals surface area contributed by atoms with Crippen molar-refractivity contribution in [1.29, 1.82) is 5.26 Å². The van der Waals surface area contributed by atoms with Gasteiger partial charge in [-0.3, -0.25) is 0 Å². The van der Waals surface area contributed by atoms with E-state index in [4.69, 9.17) is 11.0 Å². The van der Waals surface area contributed by atoms with Crippen molar-refractivity contribution in [1.82, 2.24) is 0 Å². The van der Waals surface area contributed by atoms with E-state index in [-0.39, 0.29) is 0 Å². The first kappa shape index (κ1) is 11.6. The number of allylic oxidation sites excluding steroid dienone is 2. The number of fused-ring (bicyclic) bond motifs is 1. The molecule has 17 heavy (non-hydrogen) atoms. The first-order valence-electron chi connectivity index (χ1n) is 5.24. The number of nitriles is 1. The van der Waals surface area contributed by atoms with Gasteiger partial charge in [-0.05, 0) is 29.8 Å². The smallest absolute Gasteiger partial charge is 0.108 e. The Hall–Kier alpha value is -1.92. The Morgan fingerprint density at radius 2 is 1.88 bits per heavy atom. The summed E-state index contributed by atoms with van der Waals surface area (Å²) in [5, 5.41) is 11.3. The van der Waals surface area contributed by atoms with E-state index >= 15 is 0 Å². The zero-order valence-electron chi connectivity index (χ0n) is 9.47. The van der Waals surface area contributed by atoms with Crippen LogP contribution in [-0.2, 0) is 0 Å². The number of rotatable bonds is 2. The summed E-state index contributed by atoms with van der Waals surface area (Å²) < 4.78 is 0. The molecule has 0 heterocycles. The van der Waals surface area contributed by atoms with Crippen LogP contribution in [-0.4, -0.2) is 0 Å². The second-order valence-electron chi connectivity index (χ2n) is 3.73. The fourth-order valence-electron chi connectivity index (χ4n) is 1.54. The highest BCUT2D eigenvalue weighted by molar-refractivity contribution is 8.03. The largest absolute Gasteiger partial charge is 0.401 e. The maximum absolute atomic E-state index is 8.96. The normalized spacial score (nSPS) is 12.0. The second-order valence-corrected chi connectivity index (χ2v) is 4.82. The van der Waals surface area contributed by atoms with Crippen LogP contribution in [0.25, 0.3) is 10.8 Å². The summed E-state index contributed by atoms with van der Waals surface area (Å²) >= 11 is 1.41. The molecule has 0 radical (unpaired) electrons. The third-order valence-corrected chi connectivity index (χ3v) is 3.51. The summed E-state index contributed by atoms with van der Waals surface area (Å²) in [7, 11) is 0. The van der Waals surface area contributed by atoms with Crippen molar-refractivity contribution in [2.24, 2.45) is 5.73 Å². The summed E-state index contributed by atoms with van der Waals surface area (Å²) in [4.78, 5) is 1.59. The van der Waals surface area contributed by atoms with Crippen molar-refractivity contribution in [3.63, 3.8) is 0 Å². The summed E-state index contributed by atoms with van der Waals surface area (Å²) in [6, 6.07) is 16.4. The van der Waals surface area contributed by atoms with Crippen LogP contribution in [0.1, 0.15) is 6.92 Å². The molecule has 2 aromatic rings. The standard InChI is InChI=1S/C14H12N2S/c1-10(16)14(9-15)17-13-7-6-11-4-2-3-5-12(11)8-13/h2-8H,16H2,1H3/b14-10-. The third-order valence-electron chi connectivity index (χ3n) is 2.40. The minimum atomic E-state index is 0.556. The lowest BCUT2D eigenvalue weighted by Crippen LogP contribution is -1.93. The van der Waals surface area contributed by atoms with E-state index in [0.717, 1.165) is 4.90 Å². The van der Waals surface area contributed by atoms with E-state index in [1.807, 2.05) is 18.2 Å². The molecule has 0 aliphatic rings. The molecule has 0 saturated heterocycles. The SMILES string of the molecule is C/C(N)=C(\C#N)Sc1ccc2ccccc2c1. The highest BCUT2D eigenvalue weighted by atomic mass is 32.2. The third kappa shape index (κ3) is 2.61. The molecule has 0 aliphatic carbocycles. The molecule has 0 bridgehead atoms. The van der Waals surface area contributed by atoms with Crippen LogP contribution >= 0.6 is 11.8 Å². The van der Waals surface area contributed by atoms with Gasteiger partial charge in [0.25, 0.3) is 0 Å². The van der Waals surface area contributed by atoms with Gasteiger partial charge in [0.15, 0.2) is 0 Å². The second kappa shape index (κ2) is 4.94.